The van der Waals surface area contributed by atoms with Gasteiger partial charge in [-0.15, -0.1) is 12.1 Å². The first-order chi connectivity index (χ1) is 15.4. The van der Waals surface area contributed by atoms with E-state index >= 15 is 0 Å². The van der Waals surface area contributed by atoms with Gasteiger partial charge in [-0.3, -0.25) is 10.3 Å². The zero-order chi connectivity index (χ0) is 22.6. The summed E-state index contributed by atoms with van der Waals surface area (Å²) in [4.78, 5) is 16.8. The van der Waals surface area contributed by atoms with Gasteiger partial charge in [-0.2, -0.15) is 23.3 Å². The molecule has 0 aliphatic rings. The Balaban J connectivity index is 0.00000204. The molecule has 4 aromatic rings. The van der Waals surface area contributed by atoms with Crippen molar-refractivity contribution >= 4 is 17.5 Å². The maximum Gasteiger partial charge on any atom is 0.324 e. The number of nitrogens with zero attached hydrogens (tertiary/aromatic N) is 3. The second kappa shape index (κ2) is 12.0. The molecule has 4 rings (SSSR count). The Morgan fingerprint density at radius 1 is 0.941 bits per heavy atom. The molecular formula is C27H29N5OY-2. The number of pyridine rings is 1. The van der Waals surface area contributed by atoms with E-state index in [9.17, 15) is 4.79 Å². The van der Waals surface area contributed by atoms with Crippen molar-refractivity contribution in [2.45, 2.75) is 32.6 Å². The fourth-order valence-electron chi connectivity index (χ4n) is 3.27. The van der Waals surface area contributed by atoms with E-state index in [1.807, 2.05) is 66.7 Å². The van der Waals surface area contributed by atoms with Crippen molar-refractivity contribution in [1.82, 2.24) is 14.8 Å². The number of hydrogen-bond donors (Lipinski definition) is 2. The molecule has 6 nitrogen and oxygen atoms in total. The van der Waals surface area contributed by atoms with Crippen molar-refractivity contribution in [2.75, 3.05) is 10.6 Å². The van der Waals surface area contributed by atoms with Crippen LogP contribution in [0.3, 0.4) is 0 Å². The Kier molecular flexibility index (Phi) is 9.71. The van der Waals surface area contributed by atoms with Crippen LogP contribution in [-0.4, -0.2) is 20.8 Å². The molecule has 0 spiro atoms. The first-order valence-corrected chi connectivity index (χ1v) is 10.5. The number of aromatic nitrogens is 3. The second-order valence-corrected chi connectivity index (χ2v) is 8.64. The molecule has 2 aromatic carbocycles. The third-order valence-electron chi connectivity index (χ3n) is 5.03. The molecule has 173 valence electrons. The molecule has 0 fully saturated rings. The van der Waals surface area contributed by atoms with Crippen LogP contribution in [0.1, 0.15) is 37.6 Å². The van der Waals surface area contributed by atoms with Gasteiger partial charge in [0.1, 0.15) is 5.82 Å². The predicted molar refractivity (Wildman–Crippen MR) is 134 cm³/mol. The number of rotatable bonds is 5. The van der Waals surface area contributed by atoms with E-state index in [4.69, 9.17) is 5.10 Å². The number of anilines is 2. The van der Waals surface area contributed by atoms with Crippen LogP contribution in [0.2, 0.25) is 0 Å². The topological polar surface area (TPSA) is 71.8 Å². The second-order valence-electron chi connectivity index (χ2n) is 8.64. The van der Waals surface area contributed by atoms with Gasteiger partial charge in [0.05, 0.1) is 5.69 Å². The molecule has 2 N–H and O–H groups in total. The van der Waals surface area contributed by atoms with Crippen molar-refractivity contribution in [2.24, 2.45) is 0 Å². The fourth-order valence-corrected chi connectivity index (χ4v) is 3.27. The SMILES string of the molecule is CC(C)(C)c1cc(NC(=O)Nc2ccc(Cc3ccncc3)cc2)n(-c2cc[c-]cc2)n1.[CH3-].[Y]. The summed E-state index contributed by atoms with van der Waals surface area (Å²) in [5, 5.41) is 10.6. The molecule has 0 atom stereocenters. The van der Waals surface area contributed by atoms with Crippen molar-refractivity contribution in [3.63, 3.8) is 0 Å². The summed E-state index contributed by atoms with van der Waals surface area (Å²) in [5.41, 5.74) is 4.67. The summed E-state index contributed by atoms with van der Waals surface area (Å²) in [7, 11) is 0. The zero-order valence-corrected chi connectivity index (χ0v) is 22.9. The van der Waals surface area contributed by atoms with Crippen molar-refractivity contribution < 1.29 is 37.5 Å². The molecule has 2 heterocycles. The van der Waals surface area contributed by atoms with Gasteiger partial charge in [0.15, 0.2) is 0 Å². The van der Waals surface area contributed by atoms with Gasteiger partial charge < -0.3 is 12.7 Å². The van der Waals surface area contributed by atoms with Crippen LogP contribution in [-0.2, 0) is 44.5 Å². The average Bonchev–Trinajstić information content (AvgIpc) is 3.21. The molecule has 7 heteroatoms. The first kappa shape index (κ1) is 27.4. The largest absolute Gasteiger partial charge is 0.358 e. The number of carbonyl (C=O) groups excluding carboxylic acids is 1. The third-order valence-corrected chi connectivity index (χ3v) is 5.03. The molecule has 2 aromatic heterocycles. The van der Waals surface area contributed by atoms with E-state index < -0.39 is 0 Å². The van der Waals surface area contributed by atoms with E-state index in [-0.39, 0.29) is 51.6 Å². The van der Waals surface area contributed by atoms with E-state index in [1.54, 1.807) is 17.1 Å². The van der Waals surface area contributed by atoms with Gasteiger partial charge in [-0.1, -0.05) is 32.9 Å². The summed E-state index contributed by atoms with van der Waals surface area (Å²) >= 11 is 0. The maximum absolute atomic E-state index is 12.7. The van der Waals surface area contributed by atoms with Gasteiger partial charge in [0.25, 0.3) is 0 Å². The van der Waals surface area contributed by atoms with Crippen LogP contribution in [0.5, 0.6) is 0 Å². The molecule has 0 aliphatic carbocycles. The molecule has 34 heavy (non-hydrogen) atoms. The number of carbonyl (C=O) groups is 1. The number of nitrogens with one attached hydrogen (secondary N) is 2. The summed E-state index contributed by atoms with van der Waals surface area (Å²) in [5.74, 6) is 0.605. The van der Waals surface area contributed by atoms with Crippen LogP contribution < -0.4 is 10.6 Å². The van der Waals surface area contributed by atoms with E-state index in [0.29, 0.717) is 5.82 Å². The smallest absolute Gasteiger partial charge is 0.324 e. The Morgan fingerprint density at radius 2 is 1.56 bits per heavy atom. The molecule has 0 saturated carbocycles. The molecule has 0 saturated heterocycles. The van der Waals surface area contributed by atoms with Crippen molar-refractivity contribution in [3.05, 3.63) is 109 Å². The van der Waals surface area contributed by atoms with Gasteiger partial charge in [-0.25, -0.2) is 9.48 Å². The standard InChI is InChI=1S/C26H26N5O.CH3.Y/c1-26(2,3)23-18-24(31(30-23)22-7-5-4-6-8-22)29-25(32)28-21-11-9-19(10-12-21)17-20-13-15-27-16-14-20;;/h5-16,18H,17H2,1-3H3,(H2,28,29,32);1H3;/q2*-1;. The van der Waals surface area contributed by atoms with Gasteiger partial charge >= 0.3 is 6.03 Å². The summed E-state index contributed by atoms with van der Waals surface area (Å²) in [6.07, 6.45) is 4.40. The number of urea groups is 1. The van der Waals surface area contributed by atoms with Crippen LogP contribution >= 0.6 is 0 Å². The Hall–Kier alpha value is -2.83. The zero-order valence-electron chi connectivity index (χ0n) is 20.0. The number of amides is 2. The monoisotopic (exact) mass is 528 g/mol. The average molecular weight is 528 g/mol. The van der Waals surface area contributed by atoms with Crippen molar-refractivity contribution in [3.8, 4) is 5.69 Å². The van der Waals surface area contributed by atoms with E-state index in [0.717, 1.165) is 29.1 Å². The van der Waals surface area contributed by atoms with Gasteiger partial charge in [0, 0.05) is 62.3 Å². The summed E-state index contributed by atoms with van der Waals surface area (Å²) in [6.45, 7) is 6.28. The van der Waals surface area contributed by atoms with E-state index in [2.05, 4.69) is 42.5 Å². The van der Waals surface area contributed by atoms with Crippen LogP contribution in [0, 0.1) is 13.5 Å². The van der Waals surface area contributed by atoms with Crippen LogP contribution in [0.15, 0.2) is 79.1 Å². The Bertz CT molecular complexity index is 1180. The normalized spacial score (nSPS) is 10.6. The van der Waals surface area contributed by atoms with Crippen LogP contribution in [0.25, 0.3) is 5.69 Å². The summed E-state index contributed by atoms with van der Waals surface area (Å²) in [6, 6.07) is 23.9. The van der Waals surface area contributed by atoms with Crippen LogP contribution in [0.4, 0.5) is 16.3 Å². The van der Waals surface area contributed by atoms with Gasteiger partial charge in [-0.05, 0) is 47.5 Å². The minimum absolute atomic E-state index is 0. The van der Waals surface area contributed by atoms with E-state index in [1.165, 1.54) is 5.56 Å². The number of hydrogen-bond acceptors (Lipinski definition) is 3. The molecule has 2 amide bonds. The Morgan fingerprint density at radius 3 is 2.18 bits per heavy atom. The minimum atomic E-state index is -0.323. The molecule has 1 radical (unpaired) electrons. The Labute approximate surface area is 227 Å². The predicted octanol–water partition coefficient (Wildman–Crippen LogP) is 6.05. The number of benzene rings is 2. The molecule has 0 unspecified atom stereocenters. The van der Waals surface area contributed by atoms with Crippen molar-refractivity contribution in [1.29, 1.82) is 0 Å². The molecule has 0 aliphatic heterocycles. The summed E-state index contributed by atoms with van der Waals surface area (Å²) < 4.78 is 1.74. The third kappa shape index (κ3) is 7.08. The molecular weight excluding hydrogens is 499 g/mol. The van der Waals surface area contributed by atoms with Gasteiger partial charge in [0.2, 0.25) is 0 Å². The maximum atomic E-state index is 12.7. The first-order valence-electron chi connectivity index (χ1n) is 10.5. The minimum Gasteiger partial charge on any atom is -0.358 e. The quantitative estimate of drug-likeness (QED) is 0.310. The molecule has 0 bridgehead atoms. The fraction of sp³-hybridized carbons (Fsp3) is 0.185.